The molecule has 0 bridgehead atoms. The molecule has 0 saturated carbocycles. The molecule has 0 aliphatic carbocycles. The molecule has 1 aromatic rings. The largest absolute Gasteiger partial charge is 0.370 e. The van der Waals surface area contributed by atoms with Crippen LogP contribution >= 0.6 is 0 Å². The predicted molar refractivity (Wildman–Crippen MR) is 85.4 cm³/mol. The van der Waals surface area contributed by atoms with E-state index < -0.39 is 0 Å². The number of nitrogens with zero attached hydrogens (tertiary/aromatic N) is 3. The molecule has 1 atom stereocenters. The van der Waals surface area contributed by atoms with Crippen LogP contribution in [0, 0.1) is 12.8 Å². The molecule has 1 fully saturated rings. The van der Waals surface area contributed by atoms with E-state index >= 15 is 0 Å². The summed E-state index contributed by atoms with van der Waals surface area (Å²) in [6, 6.07) is 2.11. The van der Waals surface area contributed by atoms with Crippen LogP contribution in [-0.4, -0.2) is 29.6 Å². The molecule has 2 heterocycles. The minimum absolute atomic E-state index is 0.764. The highest BCUT2D eigenvalue weighted by Crippen LogP contribution is 2.23. The lowest BCUT2D eigenvalue weighted by Gasteiger charge is -2.32. The van der Waals surface area contributed by atoms with Crippen LogP contribution in [0.1, 0.15) is 51.8 Å². The van der Waals surface area contributed by atoms with Gasteiger partial charge in [0, 0.05) is 25.7 Å². The number of piperidine rings is 1. The number of hydrogen-bond acceptors (Lipinski definition) is 4. The Hall–Kier alpha value is -1.32. The molecular weight excluding hydrogens is 248 g/mol. The number of nitrogens with one attached hydrogen (secondary N) is 1. The van der Waals surface area contributed by atoms with Gasteiger partial charge in [-0.3, -0.25) is 0 Å². The quantitative estimate of drug-likeness (QED) is 0.806. The van der Waals surface area contributed by atoms with E-state index in [0.717, 1.165) is 43.0 Å². The van der Waals surface area contributed by atoms with Crippen molar-refractivity contribution in [1.29, 1.82) is 0 Å². The SMILES string of the molecule is CCCCCNc1cc(N2CCCC(C)C2)nc(C)n1. The van der Waals surface area contributed by atoms with Gasteiger partial charge < -0.3 is 10.2 Å². The van der Waals surface area contributed by atoms with Crippen molar-refractivity contribution in [2.75, 3.05) is 29.9 Å². The van der Waals surface area contributed by atoms with Gasteiger partial charge in [-0.1, -0.05) is 26.7 Å². The standard InChI is InChI=1S/C16H28N4/c1-4-5-6-9-17-15-11-16(19-14(3)18-15)20-10-7-8-13(2)12-20/h11,13H,4-10,12H2,1-3H3,(H,17,18,19). The van der Waals surface area contributed by atoms with Crippen molar-refractivity contribution in [3.8, 4) is 0 Å². The van der Waals surface area contributed by atoms with E-state index in [1.54, 1.807) is 0 Å². The van der Waals surface area contributed by atoms with Crippen LogP contribution in [-0.2, 0) is 0 Å². The minimum atomic E-state index is 0.764. The van der Waals surface area contributed by atoms with Crippen molar-refractivity contribution in [3.63, 3.8) is 0 Å². The maximum atomic E-state index is 4.61. The zero-order valence-electron chi connectivity index (χ0n) is 13.2. The molecule has 0 radical (unpaired) electrons. The molecule has 112 valence electrons. The first kappa shape index (κ1) is 15.1. The fourth-order valence-electron chi connectivity index (χ4n) is 2.79. The van der Waals surface area contributed by atoms with Crippen LogP contribution in [0.4, 0.5) is 11.6 Å². The van der Waals surface area contributed by atoms with Crippen LogP contribution in [0.5, 0.6) is 0 Å². The normalized spacial score (nSPS) is 19.1. The molecule has 1 aliphatic rings. The van der Waals surface area contributed by atoms with E-state index in [-0.39, 0.29) is 0 Å². The van der Waals surface area contributed by atoms with Gasteiger partial charge >= 0.3 is 0 Å². The molecule has 0 aromatic carbocycles. The highest BCUT2D eigenvalue weighted by atomic mass is 15.2. The summed E-state index contributed by atoms with van der Waals surface area (Å²) in [6.07, 6.45) is 6.33. The molecule has 1 N–H and O–H groups in total. The molecule has 1 saturated heterocycles. The van der Waals surface area contributed by atoms with Crippen molar-refractivity contribution in [3.05, 3.63) is 11.9 Å². The Morgan fingerprint density at radius 2 is 2.20 bits per heavy atom. The van der Waals surface area contributed by atoms with Crippen LogP contribution in [0.25, 0.3) is 0 Å². The third-order valence-corrected chi connectivity index (χ3v) is 3.89. The zero-order chi connectivity index (χ0) is 14.4. The summed E-state index contributed by atoms with van der Waals surface area (Å²) in [7, 11) is 0. The zero-order valence-corrected chi connectivity index (χ0v) is 13.2. The van der Waals surface area contributed by atoms with Gasteiger partial charge in [0.05, 0.1) is 0 Å². The predicted octanol–water partition coefficient (Wildman–Crippen LogP) is 3.62. The number of hydrogen-bond donors (Lipinski definition) is 1. The van der Waals surface area contributed by atoms with Crippen LogP contribution in [0.15, 0.2) is 6.07 Å². The fraction of sp³-hybridized carbons (Fsp3) is 0.750. The maximum Gasteiger partial charge on any atom is 0.134 e. The van der Waals surface area contributed by atoms with E-state index in [2.05, 4.69) is 40.1 Å². The van der Waals surface area contributed by atoms with Gasteiger partial charge in [-0.2, -0.15) is 0 Å². The van der Waals surface area contributed by atoms with Crippen LogP contribution in [0.2, 0.25) is 0 Å². The smallest absolute Gasteiger partial charge is 0.134 e. The molecule has 0 amide bonds. The summed E-state index contributed by atoms with van der Waals surface area (Å²) < 4.78 is 0. The summed E-state index contributed by atoms with van der Waals surface area (Å²) in [6.45, 7) is 9.77. The maximum absolute atomic E-state index is 4.61. The topological polar surface area (TPSA) is 41.0 Å². The number of unbranched alkanes of at least 4 members (excludes halogenated alkanes) is 2. The number of anilines is 2. The van der Waals surface area contributed by atoms with Crippen molar-refractivity contribution in [1.82, 2.24) is 9.97 Å². The lowest BCUT2D eigenvalue weighted by molar-refractivity contribution is 0.444. The molecule has 4 heteroatoms. The Labute approximate surface area is 123 Å². The number of aryl methyl sites for hydroxylation is 1. The molecule has 20 heavy (non-hydrogen) atoms. The van der Waals surface area contributed by atoms with Gasteiger partial charge in [-0.15, -0.1) is 0 Å². The molecule has 1 aliphatic heterocycles. The Balaban J connectivity index is 2.00. The summed E-state index contributed by atoms with van der Waals surface area (Å²) >= 11 is 0. The molecular formula is C16H28N4. The first-order chi connectivity index (χ1) is 9.69. The Morgan fingerprint density at radius 3 is 2.95 bits per heavy atom. The molecule has 1 aromatic heterocycles. The van der Waals surface area contributed by atoms with E-state index in [1.807, 2.05) is 6.92 Å². The number of aromatic nitrogens is 2. The number of rotatable bonds is 6. The van der Waals surface area contributed by atoms with Gasteiger partial charge in [0.1, 0.15) is 17.5 Å². The highest BCUT2D eigenvalue weighted by molar-refractivity contribution is 5.49. The summed E-state index contributed by atoms with van der Waals surface area (Å²) in [5.74, 6) is 3.68. The van der Waals surface area contributed by atoms with Crippen molar-refractivity contribution in [2.24, 2.45) is 5.92 Å². The third-order valence-electron chi connectivity index (χ3n) is 3.89. The third kappa shape index (κ3) is 4.36. The van der Waals surface area contributed by atoms with Gasteiger partial charge in [0.15, 0.2) is 0 Å². The van der Waals surface area contributed by atoms with Gasteiger partial charge in [-0.25, -0.2) is 9.97 Å². The van der Waals surface area contributed by atoms with E-state index in [0.29, 0.717) is 0 Å². The second-order valence-corrected chi connectivity index (χ2v) is 5.99. The summed E-state index contributed by atoms with van der Waals surface area (Å²) in [5, 5.41) is 3.43. The lowest BCUT2D eigenvalue weighted by atomic mass is 10.0. The molecule has 1 unspecified atom stereocenters. The lowest BCUT2D eigenvalue weighted by Crippen LogP contribution is -2.35. The van der Waals surface area contributed by atoms with E-state index in [4.69, 9.17) is 0 Å². The average Bonchev–Trinajstić information content (AvgIpc) is 2.43. The Morgan fingerprint density at radius 1 is 1.35 bits per heavy atom. The van der Waals surface area contributed by atoms with Gasteiger partial charge in [0.2, 0.25) is 0 Å². The van der Waals surface area contributed by atoms with Crippen molar-refractivity contribution < 1.29 is 0 Å². The summed E-state index contributed by atoms with van der Waals surface area (Å²) in [4.78, 5) is 11.5. The average molecular weight is 276 g/mol. The molecule has 0 spiro atoms. The first-order valence-corrected chi connectivity index (χ1v) is 8.03. The van der Waals surface area contributed by atoms with E-state index in [1.165, 1.54) is 32.1 Å². The van der Waals surface area contributed by atoms with Crippen molar-refractivity contribution in [2.45, 2.75) is 52.9 Å². The summed E-state index contributed by atoms with van der Waals surface area (Å²) in [5.41, 5.74) is 0. The second-order valence-electron chi connectivity index (χ2n) is 5.99. The Bertz CT molecular complexity index is 419. The van der Waals surface area contributed by atoms with Gasteiger partial charge in [-0.05, 0) is 32.1 Å². The monoisotopic (exact) mass is 276 g/mol. The second kappa shape index (κ2) is 7.46. The molecule has 4 nitrogen and oxygen atoms in total. The van der Waals surface area contributed by atoms with E-state index in [9.17, 15) is 0 Å². The molecule has 2 rings (SSSR count). The fourth-order valence-corrected chi connectivity index (χ4v) is 2.79. The Kier molecular flexibility index (Phi) is 5.62. The van der Waals surface area contributed by atoms with Crippen LogP contribution < -0.4 is 10.2 Å². The minimum Gasteiger partial charge on any atom is -0.370 e. The highest BCUT2D eigenvalue weighted by Gasteiger charge is 2.18. The first-order valence-electron chi connectivity index (χ1n) is 8.03. The van der Waals surface area contributed by atoms with Crippen molar-refractivity contribution >= 4 is 11.6 Å². The van der Waals surface area contributed by atoms with Crippen LogP contribution in [0.3, 0.4) is 0 Å². The van der Waals surface area contributed by atoms with Gasteiger partial charge in [0.25, 0.3) is 0 Å².